The maximum absolute atomic E-state index is 8.13. The van der Waals surface area contributed by atoms with Crippen molar-refractivity contribution in [3.8, 4) is 6.19 Å². The van der Waals surface area contributed by atoms with Crippen molar-refractivity contribution in [2.75, 3.05) is 0 Å². The summed E-state index contributed by atoms with van der Waals surface area (Å²) in [5.41, 5.74) is 0.893. The average Bonchev–Trinajstić information content (AvgIpc) is 2.19. The number of nitriles is 1. The number of nitrogens with zero attached hydrogens (tertiary/aromatic N) is 2. The predicted molar refractivity (Wildman–Crippen MR) is 52.5 cm³/mol. The maximum Gasteiger partial charge on any atom is 0.180 e. The summed E-state index contributed by atoms with van der Waals surface area (Å²) >= 11 is 0. The molecule has 1 aromatic rings. The van der Waals surface area contributed by atoms with Crippen LogP contribution in [0.25, 0.3) is 0 Å². The minimum atomic E-state index is 0.893. The Morgan fingerprint density at radius 2 is 2.08 bits per heavy atom. The van der Waals surface area contributed by atoms with Crippen LogP contribution in [0, 0.1) is 11.5 Å². The highest BCUT2D eigenvalue weighted by Gasteiger charge is 1.79. The number of aliphatic imine (C=N–C) groups is 1. The molecule has 0 amide bonds. The molecule has 0 saturated heterocycles. The molecule has 0 aromatic heterocycles. The summed E-state index contributed by atoms with van der Waals surface area (Å²) in [6, 6.07) is 9.59. The fraction of sp³-hybridized carbons (Fsp3) is 0. The molecule has 0 aliphatic heterocycles. The molecule has 1 N–H and O–H groups in total. The van der Waals surface area contributed by atoms with Crippen LogP contribution < -0.4 is 5.32 Å². The smallest absolute Gasteiger partial charge is 0.180 e. The largest absolute Gasteiger partial charge is 0.300 e. The summed E-state index contributed by atoms with van der Waals surface area (Å²) in [6.45, 7) is 0. The number of hydrogen-bond acceptors (Lipinski definition) is 3. The second-order valence-corrected chi connectivity index (χ2v) is 2.23. The minimum Gasteiger partial charge on any atom is -0.300 e. The zero-order valence-corrected chi connectivity index (χ0v) is 7.01. The van der Waals surface area contributed by atoms with Crippen LogP contribution in [0.4, 0.5) is 5.69 Å². The third-order valence-corrected chi connectivity index (χ3v) is 1.31. The summed E-state index contributed by atoms with van der Waals surface area (Å²) in [5.74, 6) is 0. The van der Waals surface area contributed by atoms with Crippen molar-refractivity contribution in [2.24, 2.45) is 4.99 Å². The lowest BCUT2D eigenvalue weighted by Gasteiger charge is -1.87. The Morgan fingerprint density at radius 1 is 1.31 bits per heavy atom. The number of para-hydroxylation sites is 1. The molecule has 64 valence electrons. The fourth-order valence-electron chi connectivity index (χ4n) is 0.772. The van der Waals surface area contributed by atoms with E-state index >= 15 is 0 Å². The summed E-state index contributed by atoms with van der Waals surface area (Å²) < 4.78 is 0. The first-order chi connectivity index (χ1) is 6.43. The van der Waals surface area contributed by atoms with Gasteiger partial charge in [0.2, 0.25) is 0 Å². The van der Waals surface area contributed by atoms with Crippen molar-refractivity contribution in [3.05, 3.63) is 42.6 Å². The van der Waals surface area contributed by atoms with E-state index in [9.17, 15) is 0 Å². The van der Waals surface area contributed by atoms with E-state index in [2.05, 4.69) is 10.3 Å². The zero-order valence-electron chi connectivity index (χ0n) is 7.01. The molecule has 0 fully saturated rings. The molecule has 0 aliphatic carbocycles. The average molecular weight is 171 g/mol. The van der Waals surface area contributed by atoms with Gasteiger partial charge in [0.1, 0.15) is 0 Å². The molecule has 0 heterocycles. The highest BCUT2D eigenvalue weighted by atomic mass is 14.8. The van der Waals surface area contributed by atoms with Gasteiger partial charge in [-0.25, -0.2) is 0 Å². The monoisotopic (exact) mass is 171 g/mol. The van der Waals surface area contributed by atoms with Crippen molar-refractivity contribution in [2.45, 2.75) is 0 Å². The van der Waals surface area contributed by atoms with Gasteiger partial charge in [0, 0.05) is 12.4 Å². The number of hydrogen-bond donors (Lipinski definition) is 1. The van der Waals surface area contributed by atoms with E-state index in [1.807, 2.05) is 30.3 Å². The van der Waals surface area contributed by atoms with Crippen LogP contribution in [0.5, 0.6) is 0 Å². The van der Waals surface area contributed by atoms with Crippen LogP contribution in [-0.2, 0) is 0 Å². The first-order valence-electron chi connectivity index (χ1n) is 3.82. The van der Waals surface area contributed by atoms with Gasteiger partial charge in [-0.2, -0.15) is 5.26 Å². The molecule has 0 unspecified atom stereocenters. The van der Waals surface area contributed by atoms with Gasteiger partial charge in [-0.3, -0.25) is 10.3 Å². The van der Waals surface area contributed by atoms with Gasteiger partial charge in [-0.15, -0.1) is 0 Å². The summed E-state index contributed by atoms with van der Waals surface area (Å²) in [7, 11) is 0. The van der Waals surface area contributed by atoms with Crippen LogP contribution >= 0.6 is 0 Å². The van der Waals surface area contributed by atoms with Crippen LogP contribution in [0.15, 0.2) is 47.6 Å². The van der Waals surface area contributed by atoms with Gasteiger partial charge >= 0.3 is 0 Å². The topological polar surface area (TPSA) is 48.2 Å². The molecule has 0 saturated carbocycles. The number of benzene rings is 1. The lowest BCUT2D eigenvalue weighted by Crippen LogP contribution is -1.89. The van der Waals surface area contributed by atoms with E-state index in [4.69, 9.17) is 5.26 Å². The van der Waals surface area contributed by atoms with E-state index in [0.29, 0.717) is 0 Å². The predicted octanol–water partition coefficient (Wildman–Crippen LogP) is 1.97. The molecule has 1 aromatic carbocycles. The molecule has 13 heavy (non-hydrogen) atoms. The Balaban J connectivity index is 2.46. The first-order valence-corrected chi connectivity index (χ1v) is 3.82. The van der Waals surface area contributed by atoms with Gasteiger partial charge in [0.25, 0.3) is 0 Å². The van der Waals surface area contributed by atoms with Crippen LogP contribution in [0.1, 0.15) is 0 Å². The molecule has 1 rings (SSSR count). The van der Waals surface area contributed by atoms with E-state index in [1.54, 1.807) is 18.5 Å². The van der Waals surface area contributed by atoms with Crippen molar-refractivity contribution in [1.82, 2.24) is 5.32 Å². The fourth-order valence-corrected chi connectivity index (χ4v) is 0.772. The standard InChI is InChI=1S/C10H9N3/c11-9-12-7-4-8-13-10-5-2-1-3-6-10/h1-8,12H. The van der Waals surface area contributed by atoms with Crippen molar-refractivity contribution in [3.63, 3.8) is 0 Å². The SMILES string of the molecule is N#CNC=CC=Nc1ccccc1. The number of nitrogens with one attached hydrogen (secondary N) is 1. The lowest BCUT2D eigenvalue weighted by atomic mass is 10.3. The normalized spacial score (nSPS) is 10.4. The molecular weight excluding hydrogens is 162 g/mol. The summed E-state index contributed by atoms with van der Waals surface area (Å²) in [5, 5.41) is 10.5. The Bertz CT molecular complexity index is 333. The Morgan fingerprint density at radius 3 is 2.77 bits per heavy atom. The quantitative estimate of drug-likeness (QED) is 0.429. The van der Waals surface area contributed by atoms with Crippen molar-refractivity contribution >= 4 is 11.9 Å². The van der Waals surface area contributed by atoms with E-state index in [-0.39, 0.29) is 0 Å². The van der Waals surface area contributed by atoms with Crippen LogP contribution in [0.3, 0.4) is 0 Å². The van der Waals surface area contributed by atoms with Gasteiger partial charge in [-0.05, 0) is 18.2 Å². The zero-order chi connectivity index (χ0) is 9.36. The van der Waals surface area contributed by atoms with E-state index in [0.717, 1.165) is 5.69 Å². The third-order valence-electron chi connectivity index (χ3n) is 1.31. The van der Waals surface area contributed by atoms with Gasteiger partial charge in [0.05, 0.1) is 5.69 Å². The molecule has 3 nitrogen and oxygen atoms in total. The molecule has 0 atom stereocenters. The van der Waals surface area contributed by atoms with Crippen LogP contribution in [-0.4, -0.2) is 6.21 Å². The minimum absolute atomic E-state index is 0.893. The maximum atomic E-state index is 8.13. The Labute approximate surface area is 77.0 Å². The Kier molecular flexibility index (Phi) is 3.85. The molecular formula is C10H9N3. The first kappa shape index (κ1) is 9.01. The van der Waals surface area contributed by atoms with Gasteiger partial charge < -0.3 is 0 Å². The highest BCUT2D eigenvalue weighted by molar-refractivity contribution is 5.74. The summed E-state index contributed by atoms with van der Waals surface area (Å²) in [4.78, 5) is 4.12. The Hall–Kier alpha value is -2.08. The molecule has 3 heteroatoms. The van der Waals surface area contributed by atoms with Crippen molar-refractivity contribution in [1.29, 1.82) is 5.26 Å². The number of rotatable bonds is 3. The second kappa shape index (κ2) is 5.56. The van der Waals surface area contributed by atoms with E-state index < -0.39 is 0 Å². The lowest BCUT2D eigenvalue weighted by molar-refractivity contribution is 1.20. The van der Waals surface area contributed by atoms with Crippen LogP contribution in [0.2, 0.25) is 0 Å². The molecule has 0 bridgehead atoms. The second-order valence-electron chi connectivity index (χ2n) is 2.23. The van der Waals surface area contributed by atoms with Crippen molar-refractivity contribution < 1.29 is 0 Å². The molecule has 0 radical (unpaired) electrons. The van der Waals surface area contributed by atoms with Gasteiger partial charge in [-0.1, -0.05) is 18.2 Å². The molecule has 0 aliphatic rings. The highest BCUT2D eigenvalue weighted by Crippen LogP contribution is 2.07. The third kappa shape index (κ3) is 3.73. The van der Waals surface area contributed by atoms with Gasteiger partial charge in [0.15, 0.2) is 6.19 Å². The molecule has 0 spiro atoms. The number of allylic oxidation sites excluding steroid dienone is 1. The van der Waals surface area contributed by atoms with E-state index in [1.165, 1.54) is 6.20 Å². The summed E-state index contributed by atoms with van der Waals surface area (Å²) in [6.07, 6.45) is 6.58.